The quantitative estimate of drug-likeness (QED) is 0.930. The second-order valence-electron chi connectivity index (χ2n) is 2.76. The zero-order valence-electron chi connectivity index (χ0n) is 7.37. The molecule has 0 bridgehead atoms. The molecule has 0 aromatic carbocycles. The standard InChI is InChI=1S/C9H9BrN2OS/c10-8-1-2-14-9(8)5-11-3-7-4-12-6-13-7/h1-2,4,6,11H,3,5H2. The van der Waals surface area contributed by atoms with E-state index in [4.69, 9.17) is 4.42 Å². The minimum Gasteiger partial charge on any atom is -0.447 e. The van der Waals surface area contributed by atoms with Gasteiger partial charge in [0.15, 0.2) is 6.39 Å². The Labute approximate surface area is 94.3 Å². The van der Waals surface area contributed by atoms with E-state index in [2.05, 4.69) is 37.7 Å². The van der Waals surface area contributed by atoms with E-state index >= 15 is 0 Å². The van der Waals surface area contributed by atoms with Gasteiger partial charge >= 0.3 is 0 Å². The number of hydrogen-bond acceptors (Lipinski definition) is 4. The maximum Gasteiger partial charge on any atom is 0.180 e. The number of aromatic nitrogens is 1. The van der Waals surface area contributed by atoms with E-state index in [-0.39, 0.29) is 0 Å². The molecular formula is C9H9BrN2OS. The average Bonchev–Trinajstić information content (AvgIpc) is 2.78. The van der Waals surface area contributed by atoms with Gasteiger partial charge in [-0.25, -0.2) is 4.98 Å². The highest BCUT2D eigenvalue weighted by Gasteiger charge is 2.01. The molecule has 0 saturated carbocycles. The zero-order chi connectivity index (χ0) is 9.80. The lowest BCUT2D eigenvalue weighted by atomic mass is 10.4. The molecule has 0 amide bonds. The van der Waals surface area contributed by atoms with Gasteiger partial charge in [-0.3, -0.25) is 0 Å². The van der Waals surface area contributed by atoms with Gasteiger partial charge in [0.2, 0.25) is 0 Å². The third-order valence-corrected chi connectivity index (χ3v) is 3.69. The molecule has 74 valence electrons. The van der Waals surface area contributed by atoms with Crippen LogP contribution >= 0.6 is 27.3 Å². The van der Waals surface area contributed by atoms with Crippen LogP contribution in [0.25, 0.3) is 0 Å². The summed E-state index contributed by atoms with van der Waals surface area (Å²) in [5.41, 5.74) is 0. The molecule has 0 aliphatic rings. The highest BCUT2D eigenvalue weighted by atomic mass is 79.9. The molecule has 2 rings (SSSR count). The van der Waals surface area contributed by atoms with Crippen molar-refractivity contribution >= 4 is 27.3 Å². The maximum atomic E-state index is 5.10. The summed E-state index contributed by atoms with van der Waals surface area (Å²) in [5, 5.41) is 5.34. The van der Waals surface area contributed by atoms with Crippen LogP contribution in [0.4, 0.5) is 0 Å². The molecule has 5 heteroatoms. The number of nitrogens with zero attached hydrogens (tertiary/aromatic N) is 1. The van der Waals surface area contributed by atoms with Crippen molar-refractivity contribution in [1.29, 1.82) is 0 Å². The van der Waals surface area contributed by atoms with Crippen LogP contribution in [0.1, 0.15) is 10.6 Å². The van der Waals surface area contributed by atoms with Gasteiger partial charge in [0.1, 0.15) is 5.76 Å². The summed E-state index contributed by atoms with van der Waals surface area (Å²) in [6.07, 6.45) is 3.16. The smallest absolute Gasteiger partial charge is 0.180 e. The van der Waals surface area contributed by atoms with E-state index in [1.54, 1.807) is 17.5 Å². The molecule has 0 spiro atoms. The molecule has 2 heterocycles. The molecule has 0 aliphatic heterocycles. The van der Waals surface area contributed by atoms with Gasteiger partial charge in [-0.1, -0.05) is 0 Å². The fourth-order valence-electron chi connectivity index (χ4n) is 1.08. The van der Waals surface area contributed by atoms with Gasteiger partial charge in [0.25, 0.3) is 0 Å². The first kappa shape index (κ1) is 9.89. The van der Waals surface area contributed by atoms with Crippen LogP contribution in [0.15, 0.2) is 32.9 Å². The van der Waals surface area contributed by atoms with E-state index in [0.717, 1.165) is 16.8 Å². The monoisotopic (exact) mass is 272 g/mol. The molecular weight excluding hydrogens is 264 g/mol. The fourth-order valence-corrected chi connectivity index (χ4v) is 2.54. The van der Waals surface area contributed by atoms with E-state index in [1.165, 1.54) is 11.3 Å². The lowest BCUT2D eigenvalue weighted by molar-refractivity contribution is 0.479. The van der Waals surface area contributed by atoms with Crippen molar-refractivity contribution in [2.75, 3.05) is 0 Å². The third-order valence-electron chi connectivity index (χ3n) is 1.76. The largest absolute Gasteiger partial charge is 0.447 e. The van der Waals surface area contributed by atoms with Crippen molar-refractivity contribution < 1.29 is 4.42 Å². The van der Waals surface area contributed by atoms with Gasteiger partial charge in [0, 0.05) is 15.9 Å². The molecule has 0 radical (unpaired) electrons. The minimum atomic E-state index is 0.713. The summed E-state index contributed by atoms with van der Waals surface area (Å²) in [6, 6.07) is 2.05. The van der Waals surface area contributed by atoms with E-state index < -0.39 is 0 Å². The number of oxazole rings is 1. The highest BCUT2D eigenvalue weighted by molar-refractivity contribution is 9.10. The molecule has 14 heavy (non-hydrogen) atoms. The van der Waals surface area contributed by atoms with Gasteiger partial charge < -0.3 is 9.73 Å². The fraction of sp³-hybridized carbons (Fsp3) is 0.222. The van der Waals surface area contributed by atoms with Crippen LogP contribution in [0.3, 0.4) is 0 Å². The second-order valence-corrected chi connectivity index (χ2v) is 4.62. The topological polar surface area (TPSA) is 38.1 Å². The molecule has 0 saturated heterocycles. The van der Waals surface area contributed by atoms with Crippen molar-refractivity contribution in [3.63, 3.8) is 0 Å². The SMILES string of the molecule is Brc1ccsc1CNCc1cnco1. The van der Waals surface area contributed by atoms with E-state index in [0.29, 0.717) is 6.54 Å². The normalized spacial score (nSPS) is 10.6. The van der Waals surface area contributed by atoms with Crippen molar-refractivity contribution in [3.05, 3.63) is 39.1 Å². The van der Waals surface area contributed by atoms with Crippen LogP contribution in [-0.4, -0.2) is 4.98 Å². The van der Waals surface area contributed by atoms with Gasteiger partial charge in [-0.2, -0.15) is 0 Å². The minimum absolute atomic E-state index is 0.713. The van der Waals surface area contributed by atoms with Crippen LogP contribution in [0.2, 0.25) is 0 Å². The van der Waals surface area contributed by atoms with Crippen molar-refractivity contribution in [3.8, 4) is 0 Å². The summed E-state index contributed by atoms with van der Waals surface area (Å²) in [7, 11) is 0. The van der Waals surface area contributed by atoms with Crippen molar-refractivity contribution in [1.82, 2.24) is 10.3 Å². The first-order valence-electron chi connectivity index (χ1n) is 4.16. The highest BCUT2D eigenvalue weighted by Crippen LogP contribution is 2.22. The van der Waals surface area contributed by atoms with Crippen molar-refractivity contribution in [2.45, 2.75) is 13.1 Å². The Morgan fingerprint density at radius 3 is 3.07 bits per heavy atom. The molecule has 2 aromatic heterocycles. The first-order valence-corrected chi connectivity index (χ1v) is 5.83. The average molecular weight is 273 g/mol. The van der Waals surface area contributed by atoms with Crippen LogP contribution in [-0.2, 0) is 13.1 Å². The van der Waals surface area contributed by atoms with Gasteiger partial charge in [-0.05, 0) is 27.4 Å². The molecule has 3 nitrogen and oxygen atoms in total. The Morgan fingerprint density at radius 1 is 1.50 bits per heavy atom. The van der Waals surface area contributed by atoms with Gasteiger partial charge in [-0.15, -0.1) is 11.3 Å². The predicted molar refractivity (Wildman–Crippen MR) is 59.1 cm³/mol. The Morgan fingerprint density at radius 2 is 2.43 bits per heavy atom. The van der Waals surface area contributed by atoms with E-state index in [1.807, 2.05) is 0 Å². The predicted octanol–water partition coefficient (Wildman–Crippen LogP) is 2.79. The number of nitrogens with one attached hydrogen (secondary N) is 1. The second kappa shape index (κ2) is 4.72. The molecule has 2 aromatic rings. The van der Waals surface area contributed by atoms with Crippen LogP contribution in [0.5, 0.6) is 0 Å². The molecule has 1 N–H and O–H groups in total. The molecule has 0 atom stereocenters. The summed E-state index contributed by atoms with van der Waals surface area (Å²) in [4.78, 5) is 5.14. The summed E-state index contributed by atoms with van der Waals surface area (Å²) < 4.78 is 6.26. The number of halogens is 1. The molecule has 0 unspecified atom stereocenters. The maximum absolute atomic E-state index is 5.10. The molecule has 0 aliphatic carbocycles. The first-order chi connectivity index (χ1) is 6.86. The zero-order valence-corrected chi connectivity index (χ0v) is 9.77. The van der Waals surface area contributed by atoms with Crippen molar-refractivity contribution in [2.24, 2.45) is 0 Å². The summed E-state index contributed by atoms with van der Waals surface area (Å²) >= 11 is 5.21. The molecule has 0 fully saturated rings. The van der Waals surface area contributed by atoms with Crippen LogP contribution in [0, 0.1) is 0 Å². The van der Waals surface area contributed by atoms with Crippen LogP contribution < -0.4 is 5.32 Å². The summed E-state index contributed by atoms with van der Waals surface area (Å²) in [5.74, 6) is 0.859. The lowest BCUT2D eigenvalue weighted by Crippen LogP contribution is -2.11. The summed E-state index contributed by atoms with van der Waals surface area (Å²) in [6.45, 7) is 1.56. The van der Waals surface area contributed by atoms with E-state index in [9.17, 15) is 0 Å². The number of hydrogen-bond donors (Lipinski definition) is 1. The Bertz CT molecular complexity index is 385. The number of thiophene rings is 1. The number of rotatable bonds is 4. The Kier molecular flexibility index (Phi) is 3.34. The lowest BCUT2D eigenvalue weighted by Gasteiger charge is -2.00. The third kappa shape index (κ3) is 2.43. The van der Waals surface area contributed by atoms with Gasteiger partial charge in [0.05, 0.1) is 12.7 Å². The Balaban J connectivity index is 1.81. The Hall–Kier alpha value is -0.650.